The van der Waals surface area contributed by atoms with Crippen LogP contribution in [0.15, 0.2) is 0 Å². The highest BCUT2D eigenvalue weighted by Gasteiger charge is 2.08. The minimum Gasteiger partial charge on any atom is -0.368 e. The molecule has 0 aliphatic heterocycles. The first-order valence-corrected chi connectivity index (χ1v) is 6.13. The molecule has 0 saturated heterocycles. The van der Waals surface area contributed by atoms with Gasteiger partial charge in [0.15, 0.2) is 9.84 Å². The molecule has 1 amide bonds. The molecule has 0 atom stereocenters. The summed E-state index contributed by atoms with van der Waals surface area (Å²) in [4.78, 5) is 14.8. The van der Waals surface area contributed by atoms with Gasteiger partial charge >= 0.3 is 0 Å². The van der Waals surface area contributed by atoms with Crippen LogP contribution < -0.4 is 11.2 Å². The lowest BCUT2D eigenvalue weighted by Crippen LogP contribution is -2.29. The second kappa shape index (κ2) is 6.74. The first-order chi connectivity index (χ1) is 6.48. The van der Waals surface area contributed by atoms with E-state index in [0.29, 0.717) is 6.42 Å². The Kier molecular flexibility index (Phi) is 6.43. The monoisotopic (exact) mass is 224 g/mol. The molecule has 0 aromatic heterocycles. The fourth-order valence-electron chi connectivity index (χ4n) is 0.805. The summed E-state index contributed by atoms with van der Waals surface area (Å²) in [5.41, 5.74) is 7.14. The number of carbonyl (C=O) groups excluding carboxylic acids is 1. The number of primary amides is 1. The molecule has 0 unspecified atom stereocenters. The van der Waals surface area contributed by atoms with Crippen LogP contribution in [0.5, 0.6) is 0 Å². The molecule has 0 heterocycles. The maximum Gasteiger partial charge on any atom is 0.245 e. The molecule has 0 radical (unpaired) electrons. The van der Waals surface area contributed by atoms with E-state index in [2.05, 4.69) is 10.3 Å². The molecular weight excluding hydrogens is 208 g/mol. The van der Waals surface area contributed by atoms with Gasteiger partial charge in [-0.15, -0.1) is 0 Å². The molecule has 7 heteroatoms. The third-order valence-electron chi connectivity index (χ3n) is 1.35. The first kappa shape index (κ1) is 13.3. The molecule has 3 N–H and O–H groups in total. The number of nitrogens with two attached hydrogens (primary N) is 1. The Morgan fingerprint density at radius 3 is 2.57 bits per heavy atom. The Labute approximate surface area is 83.7 Å². The van der Waals surface area contributed by atoms with Gasteiger partial charge in [-0.1, -0.05) is 6.92 Å². The van der Waals surface area contributed by atoms with Gasteiger partial charge < -0.3 is 5.73 Å². The first-order valence-electron chi connectivity index (χ1n) is 4.31. The van der Waals surface area contributed by atoms with Gasteiger partial charge in [-0.05, 0) is 6.42 Å². The van der Waals surface area contributed by atoms with Gasteiger partial charge in [-0.25, -0.2) is 13.9 Å². The van der Waals surface area contributed by atoms with E-state index in [4.69, 9.17) is 5.73 Å². The van der Waals surface area contributed by atoms with Gasteiger partial charge in [-0.2, -0.15) is 0 Å². The smallest absolute Gasteiger partial charge is 0.245 e. The highest BCUT2D eigenvalue weighted by molar-refractivity contribution is 7.91. The van der Waals surface area contributed by atoms with Crippen molar-refractivity contribution in [3.63, 3.8) is 0 Å². The number of amides is 1. The maximum atomic E-state index is 11.1. The van der Waals surface area contributed by atoms with Crippen molar-refractivity contribution in [1.29, 1.82) is 0 Å². The van der Waals surface area contributed by atoms with Crippen LogP contribution in [0, 0.1) is 0 Å². The summed E-state index contributed by atoms with van der Waals surface area (Å²) < 4.78 is 22.3. The third-order valence-corrected chi connectivity index (χ3v) is 3.20. The largest absolute Gasteiger partial charge is 0.368 e. The third kappa shape index (κ3) is 7.96. The van der Waals surface area contributed by atoms with Gasteiger partial charge in [-0.3, -0.25) is 9.63 Å². The zero-order valence-corrected chi connectivity index (χ0v) is 8.97. The molecule has 84 valence electrons. The fourth-order valence-corrected chi connectivity index (χ4v) is 2.03. The van der Waals surface area contributed by atoms with E-state index in [-0.39, 0.29) is 24.7 Å². The minimum absolute atomic E-state index is 0.000395. The van der Waals surface area contributed by atoms with Crippen LogP contribution in [-0.2, 0) is 19.5 Å². The Morgan fingerprint density at radius 2 is 2.07 bits per heavy atom. The summed E-state index contributed by atoms with van der Waals surface area (Å²) in [5, 5.41) is 0. The molecule has 0 aliphatic rings. The molecule has 0 bridgehead atoms. The van der Waals surface area contributed by atoms with Gasteiger partial charge in [0, 0.05) is 12.3 Å². The van der Waals surface area contributed by atoms with Crippen LogP contribution in [0.1, 0.15) is 13.3 Å². The normalized spacial score (nSPS) is 11.5. The Bertz CT molecular complexity index is 263. The topological polar surface area (TPSA) is 98.5 Å². The van der Waals surface area contributed by atoms with E-state index in [1.165, 1.54) is 0 Å². The molecule has 0 aromatic rings. The molecule has 0 fully saturated rings. The second-order valence-electron chi connectivity index (χ2n) is 2.80. The molecule has 6 nitrogen and oxygen atoms in total. The van der Waals surface area contributed by atoms with Crippen molar-refractivity contribution in [2.24, 2.45) is 5.73 Å². The summed E-state index contributed by atoms with van der Waals surface area (Å²) in [6.07, 6.45) is 0.602. The van der Waals surface area contributed by atoms with E-state index in [1.807, 2.05) is 0 Å². The van der Waals surface area contributed by atoms with Crippen molar-refractivity contribution >= 4 is 15.7 Å². The molecule has 0 aromatic carbocycles. The Morgan fingerprint density at radius 1 is 1.43 bits per heavy atom. The molecule has 0 rings (SSSR count). The molecular formula is C7H16N2O4S. The van der Waals surface area contributed by atoms with E-state index in [9.17, 15) is 13.2 Å². The van der Waals surface area contributed by atoms with Gasteiger partial charge in [0.1, 0.15) is 6.61 Å². The van der Waals surface area contributed by atoms with Crippen molar-refractivity contribution in [2.75, 3.05) is 24.7 Å². The summed E-state index contributed by atoms with van der Waals surface area (Å²) in [5.74, 6) is -0.432. The van der Waals surface area contributed by atoms with Crippen LogP contribution >= 0.6 is 0 Å². The van der Waals surface area contributed by atoms with E-state index >= 15 is 0 Å². The van der Waals surface area contributed by atoms with Gasteiger partial charge in [0.2, 0.25) is 5.91 Å². The Hall–Kier alpha value is -0.660. The number of hydrogen-bond donors (Lipinski definition) is 2. The lowest BCUT2D eigenvalue weighted by molar-refractivity contribution is -0.125. The standard InChI is InChI=1S/C7H16N2O4S/c1-2-4-14(11,12)5-3-9-13-6-7(8)10/h9H,2-6H2,1H3,(H2,8,10). The maximum absolute atomic E-state index is 11.1. The lowest BCUT2D eigenvalue weighted by Gasteiger charge is -2.04. The molecule has 0 aliphatic carbocycles. The summed E-state index contributed by atoms with van der Waals surface area (Å²) >= 11 is 0. The van der Waals surface area contributed by atoms with Crippen molar-refractivity contribution in [3.05, 3.63) is 0 Å². The number of hydroxylamine groups is 1. The van der Waals surface area contributed by atoms with Crippen molar-refractivity contribution in [3.8, 4) is 0 Å². The van der Waals surface area contributed by atoms with Gasteiger partial charge in [0.25, 0.3) is 0 Å². The number of hydrogen-bond acceptors (Lipinski definition) is 5. The van der Waals surface area contributed by atoms with Crippen molar-refractivity contribution < 1.29 is 18.0 Å². The van der Waals surface area contributed by atoms with Crippen LogP contribution in [-0.4, -0.2) is 39.0 Å². The second-order valence-corrected chi connectivity index (χ2v) is 5.10. The zero-order chi connectivity index (χ0) is 11.0. The van der Waals surface area contributed by atoms with Crippen LogP contribution in [0.3, 0.4) is 0 Å². The average molecular weight is 224 g/mol. The highest BCUT2D eigenvalue weighted by Crippen LogP contribution is 1.91. The SMILES string of the molecule is CCCS(=O)(=O)CCNOCC(N)=O. The van der Waals surface area contributed by atoms with Gasteiger partial charge in [0.05, 0.1) is 5.75 Å². The van der Waals surface area contributed by atoms with Crippen molar-refractivity contribution in [2.45, 2.75) is 13.3 Å². The number of carbonyl (C=O) groups is 1. The molecule has 0 saturated carbocycles. The highest BCUT2D eigenvalue weighted by atomic mass is 32.2. The predicted molar refractivity (Wildman–Crippen MR) is 52.1 cm³/mol. The Balaban J connectivity index is 3.49. The van der Waals surface area contributed by atoms with E-state index < -0.39 is 15.7 Å². The predicted octanol–water partition coefficient (Wildman–Crippen LogP) is -1.18. The van der Waals surface area contributed by atoms with Crippen LogP contribution in [0.2, 0.25) is 0 Å². The zero-order valence-electron chi connectivity index (χ0n) is 8.15. The molecule has 14 heavy (non-hydrogen) atoms. The number of sulfone groups is 1. The van der Waals surface area contributed by atoms with E-state index in [1.54, 1.807) is 6.92 Å². The van der Waals surface area contributed by atoms with Crippen molar-refractivity contribution in [1.82, 2.24) is 5.48 Å². The minimum atomic E-state index is -2.99. The van der Waals surface area contributed by atoms with E-state index in [0.717, 1.165) is 0 Å². The number of rotatable bonds is 8. The quantitative estimate of drug-likeness (QED) is 0.399. The number of nitrogens with one attached hydrogen (secondary N) is 1. The van der Waals surface area contributed by atoms with Crippen LogP contribution in [0.4, 0.5) is 0 Å². The van der Waals surface area contributed by atoms with Crippen LogP contribution in [0.25, 0.3) is 0 Å². The fraction of sp³-hybridized carbons (Fsp3) is 0.857. The summed E-state index contributed by atoms with van der Waals surface area (Å²) in [7, 11) is -2.99. The average Bonchev–Trinajstić information content (AvgIpc) is 2.02. The summed E-state index contributed by atoms with van der Waals surface area (Å²) in [6.45, 7) is 1.71. The molecule has 0 spiro atoms. The lowest BCUT2D eigenvalue weighted by atomic mass is 10.6. The summed E-state index contributed by atoms with van der Waals surface area (Å²) in [6, 6.07) is 0.